The average molecular weight is 373 g/mol. The third-order valence-corrected chi connectivity index (χ3v) is 4.37. The Morgan fingerprint density at radius 1 is 1.19 bits per heavy atom. The summed E-state index contributed by atoms with van der Waals surface area (Å²) in [6, 6.07) is 12.9. The highest BCUT2D eigenvalue weighted by Gasteiger charge is 2.35. The summed E-state index contributed by atoms with van der Waals surface area (Å²) in [5.74, 6) is -1.41. The molecule has 0 bridgehead atoms. The first-order valence-corrected chi connectivity index (χ1v) is 8.65. The molecule has 27 heavy (non-hydrogen) atoms. The molecule has 0 aliphatic carbocycles. The van der Waals surface area contributed by atoms with Gasteiger partial charge in [0.15, 0.2) is 17.7 Å². The van der Waals surface area contributed by atoms with Crippen molar-refractivity contribution < 1.29 is 28.6 Å². The zero-order chi connectivity index (χ0) is 19.4. The number of benzene rings is 2. The first-order valence-electron chi connectivity index (χ1n) is 8.65. The molecular weight excluding hydrogens is 353 g/mol. The first-order chi connectivity index (χ1) is 12.9. The summed E-state index contributed by atoms with van der Waals surface area (Å²) in [5, 5.41) is 11.7. The summed E-state index contributed by atoms with van der Waals surface area (Å²) in [6.07, 6.45) is -1.13. The van der Waals surface area contributed by atoms with Crippen LogP contribution in [0.3, 0.4) is 0 Å². The average Bonchev–Trinajstić information content (AvgIpc) is 3.15. The lowest BCUT2D eigenvalue weighted by Gasteiger charge is -2.18. The number of hydrogen-bond donors (Lipinski definition) is 2. The maximum absolute atomic E-state index is 14.3. The number of carbonyl (C=O) groups is 2. The fourth-order valence-corrected chi connectivity index (χ4v) is 2.89. The van der Waals surface area contributed by atoms with Crippen LogP contribution in [0.15, 0.2) is 48.5 Å². The van der Waals surface area contributed by atoms with Gasteiger partial charge in [0, 0.05) is 0 Å². The van der Waals surface area contributed by atoms with Crippen molar-refractivity contribution in [2.24, 2.45) is 0 Å². The Labute approximate surface area is 155 Å². The molecule has 0 saturated carbocycles. The predicted octanol–water partition coefficient (Wildman–Crippen LogP) is 3.43. The smallest absolute Gasteiger partial charge is 0.332 e. The number of carbonyl (C=O) groups excluding carboxylic acids is 1. The van der Waals surface area contributed by atoms with Crippen LogP contribution in [0.25, 0.3) is 0 Å². The van der Waals surface area contributed by atoms with E-state index in [4.69, 9.17) is 14.6 Å². The molecule has 1 aliphatic heterocycles. The number of rotatable bonds is 6. The molecule has 1 aliphatic rings. The SMILES string of the molecule is CC(NC(=O)[C@@H]1CC[C@H](C(=O)O)O1)c1ccc(Oc2ccccc2)c(F)c1. The third kappa shape index (κ3) is 4.62. The van der Waals surface area contributed by atoms with E-state index in [9.17, 15) is 14.0 Å². The highest BCUT2D eigenvalue weighted by molar-refractivity contribution is 5.83. The molecule has 3 atom stereocenters. The summed E-state index contributed by atoms with van der Waals surface area (Å²) >= 11 is 0. The van der Waals surface area contributed by atoms with Crippen LogP contribution in [0.1, 0.15) is 31.4 Å². The molecule has 2 aromatic rings. The lowest BCUT2D eigenvalue weighted by Crippen LogP contribution is -2.37. The van der Waals surface area contributed by atoms with E-state index < -0.39 is 35.9 Å². The summed E-state index contributed by atoms with van der Waals surface area (Å²) in [7, 11) is 0. The maximum Gasteiger partial charge on any atom is 0.332 e. The molecule has 1 unspecified atom stereocenters. The highest BCUT2D eigenvalue weighted by Crippen LogP contribution is 2.27. The summed E-state index contributed by atoms with van der Waals surface area (Å²) in [6.45, 7) is 1.72. The fraction of sp³-hybridized carbons (Fsp3) is 0.300. The normalized spacial score (nSPS) is 20.1. The van der Waals surface area contributed by atoms with Crippen molar-refractivity contribution in [2.45, 2.75) is 38.0 Å². The third-order valence-electron chi connectivity index (χ3n) is 4.37. The molecule has 1 amide bonds. The van der Waals surface area contributed by atoms with E-state index in [2.05, 4.69) is 5.32 Å². The van der Waals surface area contributed by atoms with Gasteiger partial charge < -0.3 is 19.9 Å². The van der Waals surface area contributed by atoms with Gasteiger partial charge in [-0.1, -0.05) is 24.3 Å². The number of amides is 1. The van der Waals surface area contributed by atoms with Crippen LogP contribution in [0.5, 0.6) is 11.5 Å². The van der Waals surface area contributed by atoms with E-state index >= 15 is 0 Å². The van der Waals surface area contributed by atoms with Crippen molar-refractivity contribution >= 4 is 11.9 Å². The second-order valence-corrected chi connectivity index (χ2v) is 6.36. The van der Waals surface area contributed by atoms with Gasteiger partial charge in [-0.15, -0.1) is 0 Å². The number of aliphatic carboxylic acids is 1. The first kappa shape index (κ1) is 18.8. The topological polar surface area (TPSA) is 84.9 Å². The Morgan fingerprint density at radius 3 is 2.52 bits per heavy atom. The monoisotopic (exact) mass is 373 g/mol. The minimum atomic E-state index is -1.07. The molecule has 0 radical (unpaired) electrons. The van der Waals surface area contributed by atoms with Crippen molar-refractivity contribution in [3.05, 3.63) is 59.9 Å². The summed E-state index contributed by atoms with van der Waals surface area (Å²) < 4.78 is 25.1. The van der Waals surface area contributed by atoms with Crippen molar-refractivity contribution in [1.82, 2.24) is 5.32 Å². The molecule has 3 rings (SSSR count). The fourth-order valence-electron chi connectivity index (χ4n) is 2.89. The van der Waals surface area contributed by atoms with E-state index in [0.717, 1.165) is 0 Å². The quantitative estimate of drug-likeness (QED) is 0.810. The molecule has 0 spiro atoms. The zero-order valence-corrected chi connectivity index (χ0v) is 14.7. The molecule has 6 nitrogen and oxygen atoms in total. The van der Waals surface area contributed by atoms with Crippen LogP contribution in [-0.2, 0) is 14.3 Å². The van der Waals surface area contributed by atoms with Gasteiger partial charge in [-0.2, -0.15) is 0 Å². The van der Waals surface area contributed by atoms with E-state index in [-0.39, 0.29) is 5.75 Å². The number of carboxylic acids is 1. The molecule has 1 fully saturated rings. The molecule has 142 valence electrons. The molecule has 0 aromatic heterocycles. The Hall–Kier alpha value is -2.93. The zero-order valence-electron chi connectivity index (χ0n) is 14.7. The molecule has 2 aromatic carbocycles. The van der Waals surface area contributed by atoms with Crippen LogP contribution in [0.2, 0.25) is 0 Å². The summed E-state index contributed by atoms with van der Waals surface area (Å²) in [5.41, 5.74) is 0.564. The van der Waals surface area contributed by atoms with Crippen LogP contribution in [-0.4, -0.2) is 29.2 Å². The van der Waals surface area contributed by atoms with Crippen molar-refractivity contribution in [3.63, 3.8) is 0 Å². The minimum Gasteiger partial charge on any atom is -0.479 e. The van der Waals surface area contributed by atoms with Gasteiger partial charge in [0.1, 0.15) is 11.9 Å². The predicted molar refractivity (Wildman–Crippen MR) is 95.0 cm³/mol. The minimum absolute atomic E-state index is 0.0897. The van der Waals surface area contributed by atoms with Crippen LogP contribution in [0.4, 0.5) is 4.39 Å². The van der Waals surface area contributed by atoms with E-state index in [1.807, 2.05) is 6.07 Å². The van der Waals surface area contributed by atoms with E-state index in [1.54, 1.807) is 37.3 Å². The Morgan fingerprint density at radius 2 is 1.89 bits per heavy atom. The van der Waals surface area contributed by atoms with Gasteiger partial charge >= 0.3 is 5.97 Å². The van der Waals surface area contributed by atoms with Crippen molar-refractivity contribution in [1.29, 1.82) is 0 Å². The number of para-hydroxylation sites is 1. The molecule has 1 saturated heterocycles. The Bertz CT molecular complexity index is 826. The number of hydrogen-bond acceptors (Lipinski definition) is 4. The van der Waals surface area contributed by atoms with E-state index in [1.165, 1.54) is 12.1 Å². The van der Waals surface area contributed by atoms with Gasteiger partial charge in [-0.3, -0.25) is 4.79 Å². The molecule has 2 N–H and O–H groups in total. The lowest BCUT2D eigenvalue weighted by atomic mass is 10.1. The van der Waals surface area contributed by atoms with Crippen LogP contribution < -0.4 is 10.1 Å². The van der Waals surface area contributed by atoms with Crippen LogP contribution in [0, 0.1) is 5.82 Å². The highest BCUT2D eigenvalue weighted by atomic mass is 19.1. The summed E-state index contributed by atoms with van der Waals surface area (Å²) in [4.78, 5) is 23.1. The van der Waals surface area contributed by atoms with Gasteiger partial charge in [-0.25, -0.2) is 9.18 Å². The van der Waals surface area contributed by atoms with Crippen molar-refractivity contribution in [3.8, 4) is 11.5 Å². The molecular formula is C20H20FNO5. The van der Waals surface area contributed by atoms with E-state index in [0.29, 0.717) is 24.2 Å². The number of halogens is 1. The lowest BCUT2D eigenvalue weighted by molar-refractivity contribution is -0.151. The number of carboxylic acid groups (broad SMARTS) is 1. The van der Waals surface area contributed by atoms with Crippen molar-refractivity contribution in [2.75, 3.05) is 0 Å². The Balaban J connectivity index is 1.61. The van der Waals surface area contributed by atoms with Gasteiger partial charge in [0.2, 0.25) is 5.91 Å². The largest absolute Gasteiger partial charge is 0.479 e. The second-order valence-electron chi connectivity index (χ2n) is 6.36. The Kier molecular flexibility index (Phi) is 5.71. The van der Waals surface area contributed by atoms with Gasteiger partial charge in [0.05, 0.1) is 6.04 Å². The maximum atomic E-state index is 14.3. The standard InChI is InChI=1S/C20H20FNO5/c1-12(22-19(23)17-9-10-18(27-17)20(24)25)13-7-8-16(15(21)11-13)26-14-5-3-2-4-6-14/h2-8,11-12,17-18H,9-10H2,1H3,(H,22,23)(H,24,25)/t12?,17-,18+/m0/s1. The molecule has 7 heteroatoms. The molecule has 1 heterocycles. The van der Waals surface area contributed by atoms with Gasteiger partial charge in [-0.05, 0) is 49.6 Å². The van der Waals surface area contributed by atoms with Gasteiger partial charge in [0.25, 0.3) is 0 Å². The number of ether oxygens (including phenoxy) is 2. The second kappa shape index (κ2) is 8.18. The van der Waals surface area contributed by atoms with Crippen LogP contribution >= 0.6 is 0 Å². The number of nitrogens with one attached hydrogen (secondary N) is 1.